The predicted molar refractivity (Wildman–Crippen MR) is 61.4 cm³/mol. The second-order valence-corrected chi connectivity index (χ2v) is 6.13. The van der Waals surface area contributed by atoms with Crippen molar-refractivity contribution in [3.05, 3.63) is 0 Å². The molecule has 0 spiro atoms. The Morgan fingerprint density at radius 2 is 2.15 bits per heavy atom. The van der Waals surface area contributed by atoms with E-state index < -0.39 is 0 Å². The van der Waals surface area contributed by atoms with Crippen molar-refractivity contribution < 1.29 is 0 Å². The molecule has 0 bridgehead atoms. The van der Waals surface area contributed by atoms with Crippen molar-refractivity contribution in [3.8, 4) is 0 Å². The zero-order chi connectivity index (χ0) is 10.2. The second kappa shape index (κ2) is 3.60. The Balaban J connectivity index is 2.76. The summed E-state index contributed by atoms with van der Waals surface area (Å²) >= 11 is 3.77. The molecule has 13 heavy (non-hydrogen) atoms. The molecule has 0 amide bonds. The standard InChI is InChI=1S/C10H19BrN2/c1-7(2)6-9-10(4,11)8(3)12-13(9)5/h7,9H,6H2,1-5H3. The smallest absolute Gasteiger partial charge is 0.0844 e. The fourth-order valence-electron chi connectivity index (χ4n) is 1.82. The molecule has 1 heterocycles. The van der Waals surface area contributed by atoms with Crippen molar-refractivity contribution in [1.29, 1.82) is 0 Å². The van der Waals surface area contributed by atoms with Crippen LogP contribution in [0.5, 0.6) is 0 Å². The maximum Gasteiger partial charge on any atom is 0.0844 e. The van der Waals surface area contributed by atoms with E-state index in [0.29, 0.717) is 12.0 Å². The first-order valence-electron chi connectivity index (χ1n) is 4.83. The summed E-state index contributed by atoms with van der Waals surface area (Å²) in [7, 11) is 2.06. The SMILES string of the molecule is CC1=NN(C)C(CC(C)C)C1(C)Br. The highest BCUT2D eigenvalue weighted by atomic mass is 79.9. The molecule has 1 rings (SSSR count). The highest BCUT2D eigenvalue weighted by Crippen LogP contribution is 2.36. The molecule has 1 aliphatic heterocycles. The maximum absolute atomic E-state index is 4.48. The first kappa shape index (κ1) is 11.0. The van der Waals surface area contributed by atoms with Crippen LogP contribution in [0, 0.1) is 5.92 Å². The van der Waals surface area contributed by atoms with Gasteiger partial charge < -0.3 is 0 Å². The highest BCUT2D eigenvalue weighted by Gasteiger charge is 2.42. The van der Waals surface area contributed by atoms with E-state index in [1.54, 1.807) is 0 Å². The van der Waals surface area contributed by atoms with E-state index in [1.165, 1.54) is 12.1 Å². The molecule has 0 fully saturated rings. The molecule has 0 saturated heterocycles. The van der Waals surface area contributed by atoms with Crippen molar-refractivity contribution in [2.24, 2.45) is 11.0 Å². The molecule has 3 heteroatoms. The Morgan fingerprint density at radius 3 is 2.46 bits per heavy atom. The molecule has 0 aromatic rings. The van der Waals surface area contributed by atoms with Crippen LogP contribution in [0.1, 0.15) is 34.1 Å². The van der Waals surface area contributed by atoms with Crippen molar-refractivity contribution in [1.82, 2.24) is 5.01 Å². The van der Waals surface area contributed by atoms with Gasteiger partial charge in [0.2, 0.25) is 0 Å². The van der Waals surface area contributed by atoms with E-state index in [-0.39, 0.29) is 4.32 Å². The van der Waals surface area contributed by atoms with Gasteiger partial charge in [-0.05, 0) is 26.2 Å². The molecule has 0 aliphatic carbocycles. The number of hydrazone groups is 1. The predicted octanol–water partition coefficient (Wildman–Crippen LogP) is 2.88. The normalized spacial score (nSPS) is 34.2. The quantitative estimate of drug-likeness (QED) is 0.685. The van der Waals surface area contributed by atoms with Gasteiger partial charge in [-0.2, -0.15) is 5.10 Å². The van der Waals surface area contributed by atoms with Gasteiger partial charge in [0, 0.05) is 7.05 Å². The Kier molecular flexibility index (Phi) is 3.05. The third-order valence-corrected chi connectivity index (χ3v) is 3.89. The van der Waals surface area contributed by atoms with Gasteiger partial charge in [0.05, 0.1) is 16.1 Å². The molecule has 0 N–H and O–H groups in total. The van der Waals surface area contributed by atoms with Crippen LogP contribution in [0.3, 0.4) is 0 Å². The largest absolute Gasteiger partial charge is 0.295 e. The molecule has 2 nitrogen and oxygen atoms in total. The van der Waals surface area contributed by atoms with Gasteiger partial charge in [0.25, 0.3) is 0 Å². The van der Waals surface area contributed by atoms with E-state index in [4.69, 9.17) is 0 Å². The van der Waals surface area contributed by atoms with Crippen LogP contribution < -0.4 is 0 Å². The number of nitrogens with zero attached hydrogens (tertiary/aromatic N) is 2. The minimum Gasteiger partial charge on any atom is -0.295 e. The first-order valence-corrected chi connectivity index (χ1v) is 5.62. The Morgan fingerprint density at radius 1 is 1.62 bits per heavy atom. The topological polar surface area (TPSA) is 15.6 Å². The number of rotatable bonds is 2. The molecule has 2 atom stereocenters. The van der Waals surface area contributed by atoms with E-state index in [1.807, 2.05) is 0 Å². The molecular formula is C10H19BrN2. The molecule has 0 aromatic heterocycles. The lowest BCUT2D eigenvalue weighted by molar-refractivity contribution is 0.232. The van der Waals surface area contributed by atoms with E-state index >= 15 is 0 Å². The zero-order valence-corrected chi connectivity index (χ0v) is 10.7. The Labute approximate surface area is 89.5 Å². The summed E-state index contributed by atoms with van der Waals surface area (Å²) in [6.07, 6.45) is 1.18. The van der Waals surface area contributed by atoms with Crippen molar-refractivity contribution >= 4 is 21.6 Å². The van der Waals surface area contributed by atoms with E-state index in [0.717, 1.165) is 0 Å². The summed E-state index contributed by atoms with van der Waals surface area (Å²) in [5.74, 6) is 0.713. The lowest BCUT2D eigenvalue weighted by Gasteiger charge is -2.30. The van der Waals surface area contributed by atoms with Crippen molar-refractivity contribution in [2.75, 3.05) is 7.05 Å². The van der Waals surface area contributed by atoms with Crippen LogP contribution in [0.2, 0.25) is 0 Å². The summed E-state index contributed by atoms with van der Waals surface area (Å²) in [6, 6.07) is 0.493. The van der Waals surface area contributed by atoms with Gasteiger partial charge in [0.1, 0.15) is 0 Å². The number of hydrogen-bond acceptors (Lipinski definition) is 2. The van der Waals surface area contributed by atoms with Gasteiger partial charge in [-0.15, -0.1) is 0 Å². The van der Waals surface area contributed by atoms with Crippen LogP contribution in [0.15, 0.2) is 5.10 Å². The molecule has 76 valence electrons. The summed E-state index contributed by atoms with van der Waals surface area (Å²) in [5, 5.41) is 6.57. The summed E-state index contributed by atoms with van der Waals surface area (Å²) in [6.45, 7) is 8.81. The molecular weight excluding hydrogens is 228 g/mol. The van der Waals surface area contributed by atoms with Gasteiger partial charge in [-0.1, -0.05) is 29.8 Å². The maximum atomic E-state index is 4.48. The molecule has 2 unspecified atom stereocenters. The molecule has 0 radical (unpaired) electrons. The third-order valence-electron chi connectivity index (χ3n) is 2.79. The Hall–Kier alpha value is -0.0500. The summed E-state index contributed by atoms with van der Waals surface area (Å²) in [4.78, 5) is 0. The van der Waals surface area contributed by atoms with Gasteiger partial charge in [-0.25, -0.2) is 0 Å². The average Bonchev–Trinajstić information content (AvgIpc) is 2.13. The van der Waals surface area contributed by atoms with Gasteiger partial charge >= 0.3 is 0 Å². The van der Waals surface area contributed by atoms with Crippen LogP contribution in [0.25, 0.3) is 0 Å². The van der Waals surface area contributed by atoms with Crippen LogP contribution in [-0.2, 0) is 0 Å². The van der Waals surface area contributed by atoms with Gasteiger partial charge in [-0.3, -0.25) is 5.01 Å². The highest BCUT2D eigenvalue weighted by molar-refractivity contribution is 9.10. The van der Waals surface area contributed by atoms with Crippen LogP contribution in [0.4, 0.5) is 0 Å². The lowest BCUT2D eigenvalue weighted by Crippen LogP contribution is -2.41. The lowest BCUT2D eigenvalue weighted by atomic mass is 9.91. The van der Waals surface area contributed by atoms with Crippen molar-refractivity contribution in [2.45, 2.75) is 44.5 Å². The monoisotopic (exact) mass is 246 g/mol. The summed E-state index contributed by atoms with van der Waals surface area (Å²) in [5.41, 5.74) is 1.18. The van der Waals surface area contributed by atoms with Crippen molar-refractivity contribution in [3.63, 3.8) is 0 Å². The second-order valence-electron chi connectivity index (χ2n) is 4.48. The number of halogens is 1. The molecule has 0 aromatic carbocycles. The fraction of sp³-hybridized carbons (Fsp3) is 0.900. The minimum atomic E-state index is 0.0615. The Bertz CT molecular complexity index is 221. The van der Waals surface area contributed by atoms with Crippen LogP contribution >= 0.6 is 15.9 Å². The van der Waals surface area contributed by atoms with E-state index in [2.05, 4.69) is 60.8 Å². The minimum absolute atomic E-state index is 0.0615. The summed E-state index contributed by atoms with van der Waals surface area (Å²) < 4.78 is 0.0615. The number of alkyl halides is 1. The fourth-order valence-corrected chi connectivity index (χ4v) is 2.38. The molecule has 1 aliphatic rings. The van der Waals surface area contributed by atoms with Crippen LogP contribution in [-0.4, -0.2) is 28.1 Å². The van der Waals surface area contributed by atoms with Gasteiger partial charge in [0.15, 0.2) is 0 Å². The zero-order valence-electron chi connectivity index (χ0n) is 9.13. The number of hydrogen-bond donors (Lipinski definition) is 0. The third kappa shape index (κ3) is 2.06. The first-order chi connectivity index (χ1) is 5.85. The average molecular weight is 247 g/mol. The van der Waals surface area contributed by atoms with E-state index in [9.17, 15) is 0 Å². The molecule has 0 saturated carbocycles.